The minimum Gasteiger partial charge on any atom is -0.383 e. The molecule has 4 heteroatoms. The molecule has 0 amide bonds. The van der Waals surface area contributed by atoms with E-state index in [4.69, 9.17) is 5.73 Å². The molecule has 2 N–H and O–H groups in total. The van der Waals surface area contributed by atoms with Gasteiger partial charge in [-0.1, -0.05) is 23.8 Å². The largest absolute Gasteiger partial charge is 0.383 e. The molecule has 82 valence electrons. The van der Waals surface area contributed by atoms with Crippen LogP contribution in [0.3, 0.4) is 0 Å². The summed E-state index contributed by atoms with van der Waals surface area (Å²) in [5.41, 5.74) is 9.14. The fourth-order valence-electron chi connectivity index (χ4n) is 1.57. The van der Waals surface area contributed by atoms with E-state index >= 15 is 0 Å². The number of rotatable bonds is 1. The Kier molecular flexibility index (Phi) is 2.92. The van der Waals surface area contributed by atoms with Crippen molar-refractivity contribution >= 4 is 21.7 Å². The van der Waals surface area contributed by atoms with Gasteiger partial charge in [0, 0.05) is 11.8 Å². The number of benzene rings is 1. The molecule has 0 spiro atoms. The molecular formula is C12H12BrN3. The molecule has 0 saturated heterocycles. The van der Waals surface area contributed by atoms with E-state index in [-0.39, 0.29) is 0 Å². The molecule has 0 aliphatic rings. The quantitative estimate of drug-likeness (QED) is 0.872. The van der Waals surface area contributed by atoms with Crippen molar-refractivity contribution in [1.29, 1.82) is 0 Å². The van der Waals surface area contributed by atoms with Crippen molar-refractivity contribution in [1.82, 2.24) is 9.97 Å². The van der Waals surface area contributed by atoms with Crippen LogP contribution in [0.2, 0.25) is 0 Å². The van der Waals surface area contributed by atoms with Crippen LogP contribution in [0.5, 0.6) is 0 Å². The molecule has 0 saturated carbocycles. The van der Waals surface area contributed by atoms with Crippen LogP contribution in [0, 0.1) is 13.8 Å². The Balaban J connectivity index is 2.54. The Morgan fingerprint density at radius 2 is 2.00 bits per heavy atom. The Morgan fingerprint density at radius 1 is 1.25 bits per heavy atom. The second-order valence-corrected chi connectivity index (χ2v) is 4.60. The first-order valence-electron chi connectivity index (χ1n) is 4.93. The fourth-order valence-corrected chi connectivity index (χ4v) is 1.77. The maximum atomic E-state index is 5.74. The highest BCUT2D eigenvalue weighted by Crippen LogP contribution is 2.24. The molecule has 1 aromatic carbocycles. The van der Waals surface area contributed by atoms with E-state index in [1.54, 1.807) is 6.20 Å². The molecule has 0 aliphatic heterocycles. The first-order valence-corrected chi connectivity index (χ1v) is 5.73. The zero-order valence-corrected chi connectivity index (χ0v) is 10.7. The van der Waals surface area contributed by atoms with Crippen molar-refractivity contribution in [2.24, 2.45) is 0 Å². The molecule has 2 rings (SSSR count). The van der Waals surface area contributed by atoms with Gasteiger partial charge < -0.3 is 5.73 Å². The molecule has 1 heterocycles. The highest BCUT2D eigenvalue weighted by atomic mass is 79.9. The fraction of sp³-hybridized carbons (Fsp3) is 0.167. The van der Waals surface area contributed by atoms with E-state index in [1.165, 1.54) is 5.56 Å². The molecular weight excluding hydrogens is 266 g/mol. The molecule has 3 nitrogen and oxygen atoms in total. The second-order valence-electron chi connectivity index (χ2n) is 3.75. The number of aromatic nitrogens is 2. The molecule has 16 heavy (non-hydrogen) atoms. The summed E-state index contributed by atoms with van der Waals surface area (Å²) in [4.78, 5) is 8.52. The summed E-state index contributed by atoms with van der Waals surface area (Å²) in [6.45, 7) is 4.11. The van der Waals surface area contributed by atoms with E-state index in [1.807, 2.05) is 19.1 Å². The van der Waals surface area contributed by atoms with E-state index in [0.717, 1.165) is 15.6 Å². The molecule has 0 radical (unpaired) electrons. The Labute approximate surface area is 103 Å². The average molecular weight is 278 g/mol. The van der Waals surface area contributed by atoms with Crippen molar-refractivity contribution in [3.05, 3.63) is 40.0 Å². The summed E-state index contributed by atoms with van der Waals surface area (Å²) < 4.78 is 0.723. The summed E-state index contributed by atoms with van der Waals surface area (Å²) >= 11 is 3.28. The monoisotopic (exact) mass is 277 g/mol. The Bertz CT molecular complexity index is 538. The van der Waals surface area contributed by atoms with Crippen LogP contribution in [0.15, 0.2) is 28.9 Å². The van der Waals surface area contributed by atoms with Gasteiger partial charge in [-0.3, -0.25) is 0 Å². The molecule has 0 aliphatic carbocycles. The van der Waals surface area contributed by atoms with Crippen LogP contribution in [-0.4, -0.2) is 9.97 Å². The topological polar surface area (TPSA) is 51.8 Å². The number of halogens is 1. The van der Waals surface area contributed by atoms with Gasteiger partial charge in [-0.25, -0.2) is 9.97 Å². The lowest BCUT2D eigenvalue weighted by Crippen LogP contribution is -1.97. The third-order valence-corrected chi connectivity index (χ3v) is 3.01. The van der Waals surface area contributed by atoms with Crippen LogP contribution in [0.1, 0.15) is 11.1 Å². The Morgan fingerprint density at radius 3 is 2.62 bits per heavy atom. The molecule has 2 aromatic rings. The minimum atomic E-state index is 0.463. The van der Waals surface area contributed by atoms with E-state index in [9.17, 15) is 0 Å². The molecule has 0 fully saturated rings. The first kappa shape index (κ1) is 11.1. The lowest BCUT2D eigenvalue weighted by atomic mass is 10.1. The number of nitrogen functional groups attached to an aromatic ring is 1. The first-order chi connectivity index (χ1) is 7.58. The van der Waals surface area contributed by atoms with Gasteiger partial charge in [-0.15, -0.1) is 0 Å². The Hall–Kier alpha value is -1.42. The number of nitrogens with two attached hydrogens (primary N) is 1. The average Bonchev–Trinajstić information content (AvgIpc) is 2.22. The normalized spacial score (nSPS) is 10.4. The van der Waals surface area contributed by atoms with Gasteiger partial charge >= 0.3 is 0 Å². The number of anilines is 1. The number of hydrogen-bond acceptors (Lipinski definition) is 3. The van der Waals surface area contributed by atoms with Crippen molar-refractivity contribution in [2.75, 3.05) is 5.73 Å². The van der Waals surface area contributed by atoms with E-state index < -0.39 is 0 Å². The van der Waals surface area contributed by atoms with Crippen LogP contribution < -0.4 is 5.73 Å². The lowest BCUT2D eigenvalue weighted by Gasteiger charge is -2.06. The maximum absolute atomic E-state index is 5.74. The maximum Gasteiger partial charge on any atom is 0.161 e. The van der Waals surface area contributed by atoms with Crippen LogP contribution >= 0.6 is 15.9 Å². The molecule has 1 aromatic heterocycles. The van der Waals surface area contributed by atoms with Crippen LogP contribution in [0.4, 0.5) is 5.82 Å². The standard InChI is InChI=1S/C12H12BrN3/c1-7-3-4-9(8(2)5-7)12-15-6-10(13)11(14)16-12/h3-6H,1-2H3,(H2,14,15,16). The lowest BCUT2D eigenvalue weighted by molar-refractivity contribution is 1.16. The van der Waals surface area contributed by atoms with E-state index in [0.29, 0.717) is 11.6 Å². The second kappa shape index (κ2) is 4.22. The smallest absolute Gasteiger partial charge is 0.161 e. The predicted octanol–water partition coefficient (Wildman–Crippen LogP) is 3.11. The SMILES string of the molecule is Cc1ccc(-c2ncc(Br)c(N)n2)c(C)c1. The highest BCUT2D eigenvalue weighted by molar-refractivity contribution is 9.10. The third-order valence-electron chi connectivity index (χ3n) is 2.39. The van der Waals surface area contributed by atoms with Crippen molar-refractivity contribution in [3.63, 3.8) is 0 Å². The van der Waals surface area contributed by atoms with Crippen molar-refractivity contribution in [3.8, 4) is 11.4 Å². The number of aryl methyl sites for hydroxylation is 2. The zero-order valence-electron chi connectivity index (χ0n) is 9.16. The molecule has 0 atom stereocenters. The number of hydrogen-bond donors (Lipinski definition) is 1. The van der Waals surface area contributed by atoms with Gasteiger partial charge in [0.25, 0.3) is 0 Å². The summed E-state index contributed by atoms with van der Waals surface area (Å²) in [5.74, 6) is 1.13. The van der Waals surface area contributed by atoms with Crippen molar-refractivity contribution in [2.45, 2.75) is 13.8 Å². The molecule has 0 unspecified atom stereocenters. The minimum absolute atomic E-state index is 0.463. The summed E-state index contributed by atoms with van der Waals surface area (Å²) in [7, 11) is 0. The van der Waals surface area contributed by atoms with Crippen molar-refractivity contribution < 1.29 is 0 Å². The van der Waals surface area contributed by atoms with Gasteiger partial charge in [0.2, 0.25) is 0 Å². The van der Waals surface area contributed by atoms with Gasteiger partial charge in [-0.2, -0.15) is 0 Å². The van der Waals surface area contributed by atoms with Gasteiger partial charge in [-0.05, 0) is 35.3 Å². The van der Waals surface area contributed by atoms with Crippen LogP contribution in [0.25, 0.3) is 11.4 Å². The van der Waals surface area contributed by atoms with Crippen LogP contribution in [-0.2, 0) is 0 Å². The summed E-state index contributed by atoms with van der Waals surface area (Å²) in [6, 6.07) is 6.17. The third kappa shape index (κ3) is 2.07. The van der Waals surface area contributed by atoms with Gasteiger partial charge in [0.05, 0.1) is 4.47 Å². The highest BCUT2D eigenvalue weighted by Gasteiger charge is 2.07. The van der Waals surface area contributed by atoms with E-state index in [2.05, 4.69) is 38.9 Å². The predicted molar refractivity (Wildman–Crippen MR) is 69.1 cm³/mol. The van der Waals surface area contributed by atoms with Gasteiger partial charge in [0.1, 0.15) is 5.82 Å². The zero-order chi connectivity index (χ0) is 11.7. The summed E-state index contributed by atoms with van der Waals surface area (Å²) in [5, 5.41) is 0. The van der Waals surface area contributed by atoms with Gasteiger partial charge in [0.15, 0.2) is 5.82 Å². The number of nitrogens with zero attached hydrogens (tertiary/aromatic N) is 2. The summed E-state index contributed by atoms with van der Waals surface area (Å²) in [6.07, 6.45) is 1.68. The molecule has 0 bridgehead atoms.